The van der Waals surface area contributed by atoms with E-state index in [0.717, 1.165) is 24.2 Å². The molecule has 144 valence electrons. The molecule has 7 nitrogen and oxygen atoms in total. The van der Waals surface area contributed by atoms with Crippen LogP contribution in [0.15, 0.2) is 47.0 Å². The number of hydrogen-bond acceptors (Lipinski definition) is 6. The molecule has 0 radical (unpaired) electrons. The molecule has 1 amide bonds. The first-order valence-corrected chi connectivity index (χ1v) is 9.11. The predicted octanol–water partition coefficient (Wildman–Crippen LogP) is 3.81. The van der Waals surface area contributed by atoms with Crippen molar-refractivity contribution in [2.24, 2.45) is 0 Å². The largest absolute Gasteiger partial charge is 0.493 e. The maximum atomic E-state index is 12.7. The zero-order chi connectivity index (χ0) is 19.5. The van der Waals surface area contributed by atoms with Crippen LogP contribution in [0.1, 0.15) is 46.4 Å². The van der Waals surface area contributed by atoms with E-state index >= 15 is 0 Å². The highest BCUT2D eigenvalue weighted by Gasteiger charge is 2.28. The van der Waals surface area contributed by atoms with Gasteiger partial charge in [-0.3, -0.25) is 4.79 Å². The standard InChI is InChI=1S/C21H21N3O4/c1-26-17-10-9-15(11-18(17)27-2)21(25)22-16-6-4-3-5-14(16)12-19-23-20(24-28-19)13-7-8-13/h3-6,9-11,13H,7-8,12H2,1-2H3,(H,22,25). The summed E-state index contributed by atoms with van der Waals surface area (Å²) < 4.78 is 15.9. The van der Waals surface area contributed by atoms with E-state index in [1.165, 1.54) is 7.11 Å². The van der Waals surface area contributed by atoms with Crippen LogP contribution in [-0.2, 0) is 6.42 Å². The van der Waals surface area contributed by atoms with Gasteiger partial charge in [-0.05, 0) is 42.7 Å². The third-order valence-corrected chi connectivity index (χ3v) is 4.68. The fourth-order valence-corrected chi connectivity index (χ4v) is 2.98. The highest BCUT2D eigenvalue weighted by Crippen LogP contribution is 2.38. The monoisotopic (exact) mass is 379 g/mol. The first-order chi connectivity index (χ1) is 13.7. The Morgan fingerprint density at radius 3 is 2.68 bits per heavy atom. The van der Waals surface area contributed by atoms with Crippen molar-refractivity contribution in [1.82, 2.24) is 10.1 Å². The van der Waals surface area contributed by atoms with Crippen LogP contribution < -0.4 is 14.8 Å². The molecule has 3 aromatic rings. The molecule has 0 atom stereocenters. The van der Waals surface area contributed by atoms with Crippen molar-refractivity contribution in [3.05, 3.63) is 65.3 Å². The van der Waals surface area contributed by atoms with Gasteiger partial charge in [-0.1, -0.05) is 23.4 Å². The van der Waals surface area contributed by atoms with Gasteiger partial charge in [0.15, 0.2) is 17.3 Å². The molecule has 0 spiro atoms. The molecule has 1 aliphatic rings. The molecule has 4 rings (SSSR count). The normalized spacial score (nSPS) is 13.2. The number of anilines is 1. The smallest absolute Gasteiger partial charge is 0.255 e. The summed E-state index contributed by atoms with van der Waals surface area (Å²) in [6, 6.07) is 12.6. The molecule has 1 saturated carbocycles. The van der Waals surface area contributed by atoms with E-state index in [-0.39, 0.29) is 5.91 Å². The predicted molar refractivity (Wildman–Crippen MR) is 103 cm³/mol. The Hall–Kier alpha value is -3.35. The van der Waals surface area contributed by atoms with Gasteiger partial charge in [0.25, 0.3) is 5.91 Å². The van der Waals surface area contributed by atoms with Gasteiger partial charge in [-0.25, -0.2) is 0 Å². The Kier molecular flexibility index (Phi) is 4.97. The van der Waals surface area contributed by atoms with Gasteiger partial charge in [-0.2, -0.15) is 4.98 Å². The average molecular weight is 379 g/mol. The van der Waals surface area contributed by atoms with Crippen molar-refractivity contribution in [2.75, 3.05) is 19.5 Å². The summed E-state index contributed by atoms with van der Waals surface area (Å²) in [6.45, 7) is 0. The van der Waals surface area contributed by atoms with Gasteiger partial charge >= 0.3 is 0 Å². The van der Waals surface area contributed by atoms with Crippen molar-refractivity contribution >= 4 is 11.6 Å². The number of rotatable bonds is 7. The Morgan fingerprint density at radius 1 is 1.14 bits per heavy atom. The van der Waals surface area contributed by atoms with Crippen LogP contribution in [-0.4, -0.2) is 30.3 Å². The number of nitrogens with zero attached hydrogens (tertiary/aromatic N) is 2. The van der Waals surface area contributed by atoms with Crippen LogP contribution in [0.4, 0.5) is 5.69 Å². The molecule has 1 aromatic heterocycles. The highest BCUT2D eigenvalue weighted by molar-refractivity contribution is 6.05. The van der Waals surface area contributed by atoms with Crippen LogP contribution in [0, 0.1) is 0 Å². The van der Waals surface area contributed by atoms with Gasteiger partial charge in [0.05, 0.1) is 20.6 Å². The van der Waals surface area contributed by atoms with Crippen molar-refractivity contribution < 1.29 is 18.8 Å². The molecule has 1 fully saturated rings. The van der Waals surface area contributed by atoms with Crippen LogP contribution in [0.3, 0.4) is 0 Å². The fraction of sp³-hybridized carbons (Fsp3) is 0.286. The molecule has 0 bridgehead atoms. The Morgan fingerprint density at radius 2 is 1.93 bits per heavy atom. The molecule has 7 heteroatoms. The number of nitrogens with one attached hydrogen (secondary N) is 1. The Labute approximate surface area is 162 Å². The summed E-state index contributed by atoms with van der Waals surface area (Å²) in [5.74, 6) is 2.61. The van der Waals surface area contributed by atoms with Gasteiger partial charge < -0.3 is 19.3 Å². The number of carbonyl (C=O) groups excluding carboxylic acids is 1. The molecule has 0 unspecified atom stereocenters. The second-order valence-electron chi connectivity index (χ2n) is 6.68. The first-order valence-electron chi connectivity index (χ1n) is 9.11. The average Bonchev–Trinajstić information content (AvgIpc) is 3.48. The third-order valence-electron chi connectivity index (χ3n) is 4.68. The van der Waals surface area contributed by atoms with E-state index in [1.54, 1.807) is 25.3 Å². The van der Waals surface area contributed by atoms with Crippen LogP contribution >= 0.6 is 0 Å². The van der Waals surface area contributed by atoms with E-state index in [9.17, 15) is 4.79 Å². The topological polar surface area (TPSA) is 86.5 Å². The number of amides is 1. The number of benzene rings is 2. The minimum Gasteiger partial charge on any atom is -0.493 e. The molecular weight excluding hydrogens is 358 g/mol. The summed E-state index contributed by atoms with van der Waals surface area (Å²) in [4.78, 5) is 17.2. The van der Waals surface area contributed by atoms with E-state index in [4.69, 9.17) is 14.0 Å². The first kappa shape index (κ1) is 18.0. The molecular formula is C21H21N3O4. The maximum absolute atomic E-state index is 12.7. The molecule has 1 heterocycles. The second kappa shape index (κ2) is 7.72. The third kappa shape index (κ3) is 3.83. The number of methoxy groups -OCH3 is 2. The van der Waals surface area contributed by atoms with E-state index in [1.807, 2.05) is 24.3 Å². The summed E-state index contributed by atoms with van der Waals surface area (Å²) >= 11 is 0. The van der Waals surface area contributed by atoms with Crippen LogP contribution in [0.2, 0.25) is 0 Å². The zero-order valence-electron chi connectivity index (χ0n) is 15.8. The number of carbonyl (C=O) groups is 1. The number of hydrogen-bond donors (Lipinski definition) is 1. The molecule has 28 heavy (non-hydrogen) atoms. The summed E-state index contributed by atoms with van der Waals surface area (Å²) in [5.41, 5.74) is 2.08. The summed E-state index contributed by atoms with van der Waals surface area (Å²) in [5, 5.41) is 7.00. The van der Waals surface area contributed by atoms with Gasteiger partial charge in [0, 0.05) is 17.2 Å². The molecule has 2 aromatic carbocycles. The zero-order valence-corrected chi connectivity index (χ0v) is 15.8. The van der Waals surface area contributed by atoms with E-state index < -0.39 is 0 Å². The maximum Gasteiger partial charge on any atom is 0.255 e. The van der Waals surface area contributed by atoms with Gasteiger partial charge in [0.2, 0.25) is 5.89 Å². The lowest BCUT2D eigenvalue weighted by atomic mass is 10.1. The highest BCUT2D eigenvalue weighted by atomic mass is 16.5. The van der Waals surface area contributed by atoms with Crippen molar-refractivity contribution in [1.29, 1.82) is 0 Å². The SMILES string of the molecule is COc1ccc(C(=O)Nc2ccccc2Cc2nc(C3CC3)no2)cc1OC. The Balaban J connectivity index is 1.52. The Bertz CT molecular complexity index is 995. The minimum absolute atomic E-state index is 0.238. The lowest BCUT2D eigenvalue weighted by Gasteiger charge is -2.12. The van der Waals surface area contributed by atoms with E-state index in [2.05, 4.69) is 15.5 Å². The number of para-hydroxylation sites is 1. The number of aromatic nitrogens is 2. The second-order valence-corrected chi connectivity index (χ2v) is 6.68. The van der Waals surface area contributed by atoms with Crippen LogP contribution in [0.25, 0.3) is 0 Å². The van der Waals surface area contributed by atoms with Gasteiger partial charge in [-0.15, -0.1) is 0 Å². The summed E-state index contributed by atoms with van der Waals surface area (Å²) in [6.07, 6.45) is 2.70. The lowest BCUT2D eigenvalue weighted by Crippen LogP contribution is -2.13. The minimum atomic E-state index is -0.238. The van der Waals surface area contributed by atoms with Crippen molar-refractivity contribution in [2.45, 2.75) is 25.2 Å². The quantitative estimate of drug-likeness (QED) is 0.672. The molecule has 1 N–H and O–H groups in total. The van der Waals surface area contributed by atoms with Gasteiger partial charge in [0.1, 0.15) is 0 Å². The molecule has 0 saturated heterocycles. The fourth-order valence-electron chi connectivity index (χ4n) is 2.98. The van der Waals surface area contributed by atoms with E-state index in [0.29, 0.717) is 41.0 Å². The van der Waals surface area contributed by atoms with Crippen molar-refractivity contribution in [3.63, 3.8) is 0 Å². The molecule has 1 aliphatic carbocycles. The van der Waals surface area contributed by atoms with Crippen molar-refractivity contribution in [3.8, 4) is 11.5 Å². The number of ether oxygens (including phenoxy) is 2. The van der Waals surface area contributed by atoms with Crippen LogP contribution in [0.5, 0.6) is 11.5 Å². The lowest BCUT2D eigenvalue weighted by molar-refractivity contribution is 0.102. The molecule has 0 aliphatic heterocycles. The summed E-state index contributed by atoms with van der Waals surface area (Å²) in [7, 11) is 3.09.